The lowest BCUT2D eigenvalue weighted by Gasteiger charge is -2.50. The molecular weight excluding hydrogens is 558 g/mol. The Morgan fingerprint density at radius 3 is 2.33 bits per heavy atom. The first-order valence-electron chi connectivity index (χ1n) is 14.6. The van der Waals surface area contributed by atoms with Gasteiger partial charge in [0.2, 0.25) is 5.91 Å². The number of nitrogens with one attached hydrogen (secondary N) is 2. The van der Waals surface area contributed by atoms with Crippen LogP contribution in [-0.2, 0) is 23.7 Å². The molecule has 3 fully saturated rings. The van der Waals surface area contributed by atoms with Crippen molar-refractivity contribution in [2.24, 2.45) is 28.7 Å². The summed E-state index contributed by atoms with van der Waals surface area (Å²) in [4.78, 5) is 12.9. The van der Waals surface area contributed by atoms with Gasteiger partial charge in [-0.1, -0.05) is 0 Å². The van der Waals surface area contributed by atoms with Gasteiger partial charge in [0, 0.05) is 19.2 Å². The summed E-state index contributed by atoms with van der Waals surface area (Å²) >= 11 is 0. The monoisotopic (exact) mass is 609 g/mol. The first-order chi connectivity index (χ1) is 20.1. The Balaban J connectivity index is 1.94. The van der Waals surface area contributed by atoms with E-state index >= 15 is 0 Å². The molecule has 0 aromatic heterocycles. The predicted molar refractivity (Wildman–Crippen MR) is 148 cm³/mol. The Bertz CT molecular complexity index is 820. The number of rotatable bonds is 14. The first kappa shape index (κ1) is 35.4. The molecule has 0 aromatic rings. The highest BCUT2D eigenvalue weighted by atomic mass is 16.7. The SMILES string of the molecule is NCC[C@H](O)C(=O)N[C@@H]1C[C@H](N)C(O[C@@H]2OC(CN)CCC2N)C(NCCCO)[C@@H]1O[C@@H]1OC(CO)[C@H](O)[C@H](N)C1O. The highest BCUT2D eigenvalue weighted by Crippen LogP contribution is 2.31. The fourth-order valence-electron chi connectivity index (χ4n) is 5.64. The van der Waals surface area contributed by atoms with E-state index in [1.54, 1.807) is 0 Å². The minimum absolute atomic E-state index is 0.0225. The third kappa shape index (κ3) is 8.74. The van der Waals surface area contributed by atoms with Crippen molar-refractivity contribution >= 4 is 5.91 Å². The third-order valence-electron chi connectivity index (χ3n) is 8.12. The van der Waals surface area contributed by atoms with E-state index in [-0.39, 0.29) is 38.6 Å². The van der Waals surface area contributed by atoms with E-state index in [4.69, 9.17) is 47.6 Å². The highest BCUT2D eigenvalue weighted by Gasteiger charge is 2.51. The minimum atomic E-state index is -1.50. The number of hydrogen-bond donors (Lipinski definition) is 12. The van der Waals surface area contributed by atoms with Crippen LogP contribution in [0.2, 0.25) is 0 Å². The third-order valence-corrected chi connectivity index (χ3v) is 8.12. The fourth-order valence-corrected chi connectivity index (χ4v) is 5.64. The normalized spacial score (nSPS) is 41.8. The molecule has 0 bridgehead atoms. The fraction of sp³-hybridized carbons (Fsp3) is 0.960. The van der Waals surface area contributed by atoms with Gasteiger partial charge in [-0.05, 0) is 45.2 Å². The summed E-state index contributed by atoms with van der Waals surface area (Å²) < 4.78 is 24.3. The molecule has 14 atom stereocenters. The molecule has 17 heteroatoms. The van der Waals surface area contributed by atoms with Gasteiger partial charge in [-0.2, -0.15) is 0 Å². The van der Waals surface area contributed by atoms with Crippen molar-refractivity contribution in [1.29, 1.82) is 0 Å². The molecule has 1 saturated carbocycles. The van der Waals surface area contributed by atoms with Gasteiger partial charge >= 0.3 is 0 Å². The molecular formula is C25H51N7O10. The molecule has 6 unspecified atom stereocenters. The minimum Gasteiger partial charge on any atom is -0.396 e. The summed E-state index contributed by atoms with van der Waals surface area (Å²) in [6, 6.07) is -4.00. The van der Waals surface area contributed by atoms with E-state index in [1.807, 2.05) is 0 Å². The standard InChI is InChI=1S/C25H51N7O10/c26-5-4-15(35)23(38)32-14-8-13(29)21(41-24-12(28)3-2-11(9-27)39-24)18(31-6-1-7-33)22(14)42-25-20(37)17(30)19(36)16(10-34)40-25/h11-22,24-25,31,33-37H,1-10,26-30H2,(H,32,38)/t11?,12?,13-,14+,15-,16?,17-,18?,19-,20?,21?,22+,24-,25-/m0/s1. The largest absolute Gasteiger partial charge is 0.396 e. The van der Waals surface area contributed by atoms with Gasteiger partial charge in [-0.15, -0.1) is 0 Å². The second kappa shape index (κ2) is 16.8. The van der Waals surface area contributed by atoms with E-state index in [0.29, 0.717) is 25.8 Å². The number of hydrogen-bond acceptors (Lipinski definition) is 16. The average Bonchev–Trinajstić information content (AvgIpc) is 2.97. The van der Waals surface area contributed by atoms with Crippen LogP contribution in [0.15, 0.2) is 0 Å². The lowest BCUT2D eigenvalue weighted by molar-refractivity contribution is -0.303. The number of amides is 1. The molecule has 2 saturated heterocycles. The maximum atomic E-state index is 12.9. The molecule has 0 spiro atoms. The molecule has 3 aliphatic rings. The maximum absolute atomic E-state index is 12.9. The van der Waals surface area contributed by atoms with Crippen molar-refractivity contribution in [3.8, 4) is 0 Å². The lowest BCUT2D eigenvalue weighted by atomic mass is 9.81. The molecule has 2 heterocycles. The highest BCUT2D eigenvalue weighted by molar-refractivity contribution is 5.80. The molecule has 1 amide bonds. The lowest BCUT2D eigenvalue weighted by Crippen LogP contribution is -2.71. The molecule has 246 valence electrons. The van der Waals surface area contributed by atoms with Gasteiger partial charge in [-0.25, -0.2) is 0 Å². The maximum Gasteiger partial charge on any atom is 0.249 e. The summed E-state index contributed by atoms with van der Waals surface area (Å²) in [6.45, 7) is -0.0552. The number of nitrogens with two attached hydrogens (primary N) is 5. The van der Waals surface area contributed by atoms with Crippen molar-refractivity contribution in [2.75, 3.05) is 32.8 Å². The Hall–Kier alpha value is -1.13. The number of ether oxygens (including phenoxy) is 4. The summed E-state index contributed by atoms with van der Waals surface area (Å²) in [7, 11) is 0. The number of aliphatic hydroxyl groups excluding tert-OH is 5. The molecule has 17 nitrogen and oxygen atoms in total. The van der Waals surface area contributed by atoms with Crippen LogP contribution in [0.5, 0.6) is 0 Å². The number of aliphatic hydroxyl groups is 5. The van der Waals surface area contributed by atoms with Gasteiger partial charge in [0.15, 0.2) is 12.6 Å². The van der Waals surface area contributed by atoms with Crippen LogP contribution in [0.1, 0.15) is 32.1 Å². The van der Waals surface area contributed by atoms with E-state index in [0.717, 1.165) is 0 Å². The summed E-state index contributed by atoms with van der Waals surface area (Å²) in [5.41, 5.74) is 30.3. The zero-order valence-electron chi connectivity index (χ0n) is 23.8. The van der Waals surface area contributed by atoms with E-state index in [2.05, 4.69) is 10.6 Å². The predicted octanol–water partition coefficient (Wildman–Crippen LogP) is -6.42. The molecule has 0 radical (unpaired) electrons. The van der Waals surface area contributed by atoms with Crippen LogP contribution >= 0.6 is 0 Å². The van der Waals surface area contributed by atoms with Crippen LogP contribution < -0.4 is 39.3 Å². The number of carbonyl (C=O) groups is 1. The molecule has 0 aromatic carbocycles. The Labute approximate surface area is 245 Å². The van der Waals surface area contributed by atoms with Crippen LogP contribution in [0.25, 0.3) is 0 Å². The smallest absolute Gasteiger partial charge is 0.249 e. The summed E-state index contributed by atoms with van der Waals surface area (Å²) in [5.74, 6) is -0.700. The molecule has 3 rings (SSSR count). The average molecular weight is 610 g/mol. The Morgan fingerprint density at radius 1 is 0.976 bits per heavy atom. The van der Waals surface area contributed by atoms with E-state index < -0.39 is 91.9 Å². The van der Waals surface area contributed by atoms with Gasteiger partial charge in [0.1, 0.15) is 24.4 Å². The Kier molecular flexibility index (Phi) is 14.1. The van der Waals surface area contributed by atoms with Crippen molar-refractivity contribution in [1.82, 2.24) is 10.6 Å². The van der Waals surface area contributed by atoms with Crippen molar-refractivity contribution < 1.29 is 49.3 Å². The molecule has 1 aliphatic carbocycles. The first-order valence-corrected chi connectivity index (χ1v) is 14.6. The van der Waals surface area contributed by atoms with Gasteiger partial charge in [0.25, 0.3) is 0 Å². The molecule has 17 N–H and O–H groups in total. The zero-order chi connectivity index (χ0) is 31.0. The topological polar surface area (TPSA) is 309 Å². The van der Waals surface area contributed by atoms with Crippen molar-refractivity contribution in [2.45, 2.75) is 118 Å². The second-order valence-corrected chi connectivity index (χ2v) is 11.3. The molecule has 2 aliphatic heterocycles. The molecule has 42 heavy (non-hydrogen) atoms. The van der Waals surface area contributed by atoms with Crippen molar-refractivity contribution in [3.05, 3.63) is 0 Å². The zero-order valence-corrected chi connectivity index (χ0v) is 23.8. The van der Waals surface area contributed by atoms with Crippen molar-refractivity contribution in [3.63, 3.8) is 0 Å². The van der Waals surface area contributed by atoms with Crippen LogP contribution in [-0.4, -0.2) is 150 Å². The Morgan fingerprint density at radius 2 is 1.69 bits per heavy atom. The van der Waals surface area contributed by atoms with Gasteiger partial charge in [0.05, 0.1) is 49.1 Å². The van der Waals surface area contributed by atoms with Gasteiger partial charge < -0.3 is 83.8 Å². The second-order valence-electron chi connectivity index (χ2n) is 11.3. The van der Waals surface area contributed by atoms with E-state index in [1.165, 1.54) is 0 Å². The number of carbonyl (C=O) groups excluding carboxylic acids is 1. The van der Waals surface area contributed by atoms with Gasteiger partial charge in [-0.3, -0.25) is 4.79 Å². The van der Waals surface area contributed by atoms with E-state index in [9.17, 15) is 30.3 Å². The summed E-state index contributed by atoms with van der Waals surface area (Å²) in [5, 5.41) is 56.6. The quantitative estimate of drug-likeness (QED) is 0.0814. The van der Waals surface area contributed by atoms with Crippen LogP contribution in [0.4, 0.5) is 0 Å². The van der Waals surface area contributed by atoms with Crippen LogP contribution in [0, 0.1) is 0 Å². The van der Waals surface area contributed by atoms with Crippen LogP contribution in [0.3, 0.4) is 0 Å². The summed E-state index contributed by atoms with van der Waals surface area (Å²) in [6.07, 6.45) is -7.98.